The van der Waals surface area contributed by atoms with Crippen molar-refractivity contribution in [1.29, 1.82) is 0 Å². The Labute approximate surface area is 369 Å². The molecule has 1 saturated heterocycles. The highest BCUT2D eigenvalue weighted by molar-refractivity contribution is 6.69. The monoisotopic (exact) mass is 875 g/mol. The van der Waals surface area contributed by atoms with E-state index in [9.17, 15) is 28.8 Å². The first-order chi connectivity index (χ1) is 28.5. The molecule has 0 bridgehead atoms. The van der Waals surface area contributed by atoms with Gasteiger partial charge < -0.3 is 34.1 Å². The van der Waals surface area contributed by atoms with Crippen molar-refractivity contribution >= 4 is 37.8 Å². The number of nitrogens with one attached hydrogen (secondary N) is 1. The number of nitrogens with zero attached hydrogens (tertiary/aromatic N) is 3. The molecule has 0 aromatic heterocycles. The molecule has 1 aromatic rings. The van der Waals surface area contributed by atoms with E-state index >= 15 is 0 Å². The molecule has 348 valence electrons. The molecular weight excluding hydrogens is 793 g/mol. The van der Waals surface area contributed by atoms with Crippen LogP contribution in [0.1, 0.15) is 106 Å². The predicted molar refractivity (Wildman–Crippen MR) is 243 cm³/mol. The van der Waals surface area contributed by atoms with E-state index in [0.29, 0.717) is 25.6 Å². The Bertz CT molecular complexity index is 1530. The van der Waals surface area contributed by atoms with Crippen molar-refractivity contribution in [1.82, 2.24) is 20.0 Å². The van der Waals surface area contributed by atoms with E-state index in [-0.39, 0.29) is 78.4 Å². The molecule has 1 heterocycles. The molecule has 14 heteroatoms. The zero-order chi connectivity index (χ0) is 46.4. The van der Waals surface area contributed by atoms with Crippen LogP contribution in [0.25, 0.3) is 0 Å². The van der Waals surface area contributed by atoms with E-state index in [4.69, 9.17) is 14.2 Å². The summed E-state index contributed by atoms with van der Waals surface area (Å²) in [6.45, 7) is 20.3. The lowest BCUT2D eigenvalue weighted by atomic mass is 9.83. The first-order valence-corrected chi connectivity index (χ1v) is 25.7. The molecule has 0 aliphatic carbocycles. The second-order valence-corrected chi connectivity index (χ2v) is 23.3. The number of carbonyl (C=O) groups is 5. The van der Waals surface area contributed by atoms with Crippen molar-refractivity contribution in [2.45, 2.75) is 149 Å². The van der Waals surface area contributed by atoms with Gasteiger partial charge in [0.2, 0.25) is 11.8 Å². The van der Waals surface area contributed by atoms with Crippen LogP contribution in [0.2, 0.25) is 19.1 Å². The number of likely N-dealkylation sites (N-methyl/N-ethyl adjacent to an activating group) is 2. The summed E-state index contributed by atoms with van der Waals surface area (Å²) < 4.78 is 18.0. The number of Topliss-reactive ketones (excluding diaryl/α,β-unsaturated/α-hetero) is 2. The lowest BCUT2D eigenvalue weighted by Gasteiger charge is -2.41. The van der Waals surface area contributed by atoms with Gasteiger partial charge in [-0.1, -0.05) is 92.1 Å². The first kappa shape index (κ1) is 54.0. The quantitative estimate of drug-likeness (QED) is 0.0932. The molecule has 3 amide bonds. The minimum absolute atomic E-state index is 0.00903. The van der Waals surface area contributed by atoms with E-state index < -0.39 is 50.6 Å². The van der Waals surface area contributed by atoms with Crippen molar-refractivity contribution in [3.05, 3.63) is 35.9 Å². The summed E-state index contributed by atoms with van der Waals surface area (Å²) in [6, 6.07) is 8.77. The van der Waals surface area contributed by atoms with Crippen molar-refractivity contribution in [2.24, 2.45) is 35.5 Å². The number of amides is 3. The third kappa shape index (κ3) is 15.8. The van der Waals surface area contributed by atoms with E-state index in [0.717, 1.165) is 18.4 Å². The third-order valence-corrected chi connectivity index (χ3v) is 14.3. The van der Waals surface area contributed by atoms with Gasteiger partial charge in [-0.15, -0.1) is 0 Å². The van der Waals surface area contributed by atoms with Crippen LogP contribution in [0.4, 0.5) is 4.79 Å². The topological polar surface area (TPSA) is 155 Å². The molecule has 13 nitrogen and oxygen atoms in total. The zero-order valence-electron chi connectivity index (χ0n) is 40.2. The van der Waals surface area contributed by atoms with Crippen molar-refractivity contribution in [3.8, 4) is 0 Å². The second-order valence-electron chi connectivity index (χ2n) is 19.1. The minimum Gasteiger partial charge on any atom is -0.441 e. The molecule has 1 aromatic carbocycles. The van der Waals surface area contributed by atoms with E-state index in [1.54, 1.807) is 26.2 Å². The van der Waals surface area contributed by atoms with Crippen molar-refractivity contribution in [3.63, 3.8) is 0 Å². The van der Waals surface area contributed by atoms with Gasteiger partial charge in [0, 0.05) is 65.0 Å². The van der Waals surface area contributed by atoms with E-state index in [1.165, 1.54) is 0 Å². The van der Waals surface area contributed by atoms with Gasteiger partial charge in [0.1, 0.15) is 11.9 Å². The Balaban J connectivity index is 2.28. The number of hydrogen-bond donors (Lipinski definition) is 2. The standard InChI is InChI=1S/C47H82N4O9Si/c1-16-32(6)43(50(11)46(55)36(30(2)3)28-39(53)42(31(4)5)49(9)10)40(58-12)29-41(54)51-25-20-23-37(51)45(59-13)34(8)38(52)27-33(7)44(35-21-18-17-19-22-35)60-47(56)48-24-26-61(14,15)57/h17-19,21-22,30-34,36-37,40,42-45,57H,16,20,23-29H2,1-15H3,(H,48,56)/t32-,33-,34-,36-,37-,40+,42-,43-,44+,45+/m0/s1. The van der Waals surface area contributed by atoms with Gasteiger partial charge in [-0.2, -0.15) is 0 Å². The van der Waals surface area contributed by atoms with Crippen LogP contribution in [0.3, 0.4) is 0 Å². The van der Waals surface area contributed by atoms with Crippen LogP contribution in [0, 0.1) is 35.5 Å². The first-order valence-electron chi connectivity index (χ1n) is 22.6. The number of ether oxygens (including phenoxy) is 3. The van der Waals surface area contributed by atoms with Crippen LogP contribution in [0.5, 0.6) is 0 Å². The highest BCUT2D eigenvalue weighted by Crippen LogP contribution is 2.34. The SMILES string of the molecule is CC[C@H](C)[C@@H]([C@@H](CC(=O)N1CCC[C@H]1[C@H](OC)[C@@H](C)C(=O)C[C@H](C)[C@@H](OC(=O)NCC[Si](C)(C)O)c1ccccc1)OC)N(C)C(=O)[C@@H](CC(=O)[C@H](C(C)C)N(C)C)C(C)C. The summed E-state index contributed by atoms with van der Waals surface area (Å²) in [7, 11) is 6.36. The normalized spacial score (nSPS) is 19.1. The number of carbonyl (C=O) groups excluding carboxylic acids is 5. The molecule has 0 spiro atoms. The lowest BCUT2D eigenvalue weighted by molar-refractivity contribution is -0.149. The fourth-order valence-electron chi connectivity index (χ4n) is 9.20. The van der Waals surface area contributed by atoms with E-state index in [1.807, 2.05) is 109 Å². The number of methoxy groups -OCH3 is 2. The molecule has 0 saturated carbocycles. The van der Waals surface area contributed by atoms with Gasteiger partial charge in [-0.25, -0.2) is 4.79 Å². The molecule has 0 radical (unpaired) electrons. The molecular formula is C47H82N4O9Si. The maximum Gasteiger partial charge on any atom is 0.407 e. The summed E-state index contributed by atoms with van der Waals surface area (Å²) in [5.74, 6) is -1.73. The van der Waals surface area contributed by atoms with Crippen LogP contribution in [-0.2, 0) is 33.4 Å². The number of hydrogen-bond acceptors (Lipinski definition) is 10. The largest absolute Gasteiger partial charge is 0.441 e. The van der Waals surface area contributed by atoms with Crippen LogP contribution in [-0.4, -0.2) is 136 Å². The molecule has 10 atom stereocenters. The fourth-order valence-corrected chi connectivity index (χ4v) is 9.93. The maximum absolute atomic E-state index is 14.4. The summed E-state index contributed by atoms with van der Waals surface area (Å²) in [4.78, 5) is 85.0. The maximum atomic E-state index is 14.4. The Morgan fingerprint density at radius 2 is 1.49 bits per heavy atom. The number of rotatable bonds is 26. The lowest BCUT2D eigenvalue weighted by Crippen LogP contribution is -2.54. The number of likely N-dealkylation sites (tertiary alicyclic amines) is 1. The second kappa shape index (κ2) is 25.2. The van der Waals surface area contributed by atoms with E-state index in [2.05, 4.69) is 19.2 Å². The number of benzene rings is 1. The molecule has 0 unspecified atom stereocenters. The minimum atomic E-state index is -2.36. The highest BCUT2D eigenvalue weighted by Gasteiger charge is 2.43. The molecule has 1 aliphatic rings. The number of ketones is 2. The summed E-state index contributed by atoms with van der Waals surface area (Å²) in [5.41, 5.74) is 0.770. The Morgan fingerprint density at radius 3 is 2.00 bits per heavy atom. The van der Waals surface area contributed by atoms with Gasteiger partial charge in [0.15, 0.2) is 14.1 Å². The smallest absolute Gasteiger partial charge is 0.407 e. The van der Waals surface area contributed by atoms with Gasteiger partial charge in [-0.05, 0) is 69.4 Å². The molecule has 1 fully saturated rings. The highest BCUT2D eigenvalue weighted by atomic mass is 28.4. The van der Waals surface area contributed by atoms with Crippen molar-refractivity contribution in [2.75, 3.05) is 48.5 Å². The van der Waals surface area contributed by atoms with Crippen LogP contribution < -0.4 is 5.32 Å². The molecule has 2 N–H and O–H groups in total. The van der Waals surface area contributed by atoms with Gasteiger partial charge in [0.25, 0.3) is 0 Å². The van der Waals surface area contributed by atoms with Crippen LogP contribution in [0.15, 0.2) is 30.3 Å². The van der Waals surface area contributed by atoms with Gasteiger partial charge >= 0.3 is 6.09 Å². The Hall–Kier alpha value is -3.17. The predicted octanol–water partition coefficient (Wildman–Crippen LogP) is 6.98. The molecule has 61 heavy (non-hydrogen) atoms. The number of alkyl carbamates (subject to hydrolysis) is 1. The Kier molecular flexibility index (Phi) is 22.3. The molecule has 1 aliphatic heterocycles. The van der Waals surface area contributed by atoms with Gasteiger partial charge in [0.05, 0.1) is 36.8 Å². The van der Waals surface area contributed by atoms with Crippen molar-refractivity contribution < 1.29 is 43.0 Å². The summed E-state index contributed by atoms with van der Waals surface area (Å²) in [5, 5.41) is 2.75. The zero-order valence-corrected chi connectivity index (χ0v) is 41.2. The van der Waals surface area contributed by atoms with Crippen LogP contribution >= 0.6 is 0 Å². The summed E-state index contributed by atoms with van der Waals surface area (Å²) in [6.07, 6.45) is -0.0375. The average Bonchev–Trinajstić information content (AvgIpc) is 3.67. The third-order valence-electron chi connectivity index (χ3n) is 12.8. The average molecular weight is 875 g/mol. The van der Waals surface area contributed by atoms with Gasteiger partial charge in [-0.3, -0.25) is 24.1 Å². The fraction of sp³-hybridized carbons (Fsp3) is 0.766. The molecule has 2 rings (SSSR count). The Morgan fingerprint density at radius 1 is 0.869 bits per heavy atom. The summed E-state index contributed by atoms with van der Waals surface area (Å²) >= 11 is 0.